The molecule has 1 heteroatoms. The van der Waals surface area contributed by atoms with Crippen molar-refractivity contribution in [3.8, 4) is 0 Å². The smallest absolute Gasteiger partial charge is 0.00388 e. The van der Waals surface area contributed by atoms with Gasteiger partial charge >= 0.3 is 0 Å². The van der Waals surface area contributed by atoms with Crippen molar-refractivity contribution in [3.63, 3.8) is 0 Å². The Balaban J connectivity index is 2.35. The lowest BCUT2D eigenvalue weighted by Crippen LogP contribution is -2.27. The molecule has 1 aliphatic carbocycles. The van der Waals surface area contributed by atoms with Gasteiger partial charge in [-0.25, -0.2) is 0 Å². The first-order valence-corrected chi connectivity index (χ1v) is 6.49. The zero-order valence-electron chi connectivity index (χ0n) is 9.97. The summed E-state index contributed by atoms with van der Waals surface area (Å²) < 4.78 is 0. The molecule has 0 heterocycles. The SMILES string of the molecule is CCCCC1CCCCC(C(C)N)C1. The fourth-order valence-electron chi connectivity index (χ4n) is 2.74. The predicted molar refractivity (Wildman–Crippen MR) is 63.2 cm³/mol. The fourth-order valence-corrected chi connectivity index (χ4v) is 2.74. The summed E-state index contributed by atoms with van der Waals surface area (Å²) in [5.74, 6) is 1.79. The van der Waals surface area contributed by atoms with Gasteiger partial charge in [-0.05, 0) is 31.6 Å². The third-order valence-corrected chi connectivity index (χ3v) is 3.78. The zero-order chi connectivity index (χ0) is 10.4. The lowest BCUT2D eigenvalue weighted by Gasteiger charge is -2.22. The van der Waals surface area contributed by atoms with E-state index in [0.717, 1.165) is 11.8 Å². The molecule has 3 atom stereocenters. The van der Waals surface area contributed by atoms with E-state index >= 15 is 0 Å². The first-order valence-electron chi connectivity index (χ1n) is 6.49. The van der Waals surface area contributed by atoms with Gasteiger partial charge in [0.2, 0.25) is 0 Å². The first kappa shape index (κ1) is 12.0. The van der Waals surface area contributed by atoms with Crippen LogP contribution in [0.3, 0.4) is 0 Å². The molecule has 0 amide bonds. The fraction of sp³-hybridized carbons (Fsp3) is 1.00. The standard InChI is InChI=1S/C13H27N/c1-3-4-7-12-8-5-6-9-13(10-12)11(2)14/h11-13H,3-10,14H2,1-2H3. The van der Waals surface area contributed by atoms with E-state index in [2.05, 4.69) is 13.8 Å². The Morgan fingerprint density at radius 3 is 2.64 bits per heavy atom. The lowest BCUT2D eigenvalue weighted by molar-refractivity contribution is 0.318. The quantitative estimate of drug-likeness (QED) is 0.683. The normalized spacial score (nSPS) is 31.1. The van der Waals surface area contributed by atoms with E-state index in [0.29, 0.717) is 6.04 Å². The zero-order valence-corrected chi connectivity index (χ0v) is 9.97. The Hall–Kier alpha value is -0.0400. The minimum atomic E-state index is 0.414. The molecular formula is C13H27N. The molecule has 3 unspecified atom stereocenters. The predicted octanol–water partition coefficient (Wildman–Crippen LogP) is 3.72. The average molecular weight is 197 g/mol. The minimum absolute atomic E-state index is 0.414. The lowest BCUT2D eigenvalue weighted by atomic mass is 9.86. The van der Waals surface area contributed by atoms with Crippen LogP contribution in [0, 0.1) is 11.8 Å². The van der Waals surface area contributed by atoms with E-state index in [1.165, 1.54) is 51.4 Å². The molecule has 1 fully saturated rings. The monoisotopic (exact) mass is 197 g/mol. The molecule has 0 radical (unpaired) electrons. The number of hydrogen-bond donors (Lipinski definition) is 1. The van der Waals surface area contributed by atoms with Crippen LogP contribution in [-0.4, -0.2) is 6.04 Å². The van der Waals surface area contributed by atoms with Crippen LogP contribution in [-0.2, 0) is 0 Å². The summed E-state index contributed by atoms with van der Waals surface area (Å²) in [6.07, 6.45) is 11.3. The van der Waals surface area contributed by atoms with Gasteiger partial charge in [-0.15, -0.1) is 0 Å². The van der Waals surface area contributed by atoms with Crippen LogP contribution < -0.4 is 5.73 Å². The summed E-state index contributed by atoms with van der Waals surface area (Å²) in [6.45, 7) is 4.48. The molecule has 0 aliphatic heterocycles. The van der Waals surface area contributed by atoms with Gasteiger partial charge in [-0.3, -0.25) is 0 Å². The second-order valence-electron chi connectivity index (χ2n) is 5.15. The number of nitrogens with two attached hydrogens (primary N) is 1. The summed E-state index contributed by atoms with van der Waals surface area (Å²) in [5, 5.41) is 0. The Morgan fingerprint density at radius 1 is 1.29 bits per heavy atom. The first-order chi connectivity index (χ1) is 6.74. The molecule has 14 heavy (non-hydrogen) atoms. The summed E-state index contributed by atoms with van der Waals surface area (Å²) >= 11 is 0. The summed E-state index contributed by atoms with van der Waals surface area (Å²) in [5.41, 5.74) is 6.03. The van der Waals surface area contributed by atoms with Gasteiger partial charge in [0.25, 0.3) is 0 Å². The van der Waals surface area contributed by atoms with Crippen molar-refractivity contribution in [2.75, 3.05) is 0 Å². The van der Waals surface area contributed by atoms with Gasteiger partial charge in [0.1, 0.15) is 0 Å². The van der Waals surface area contributed by atoms with Crippen LogP contribution in [0.4, 0.5) is 0 Å². The van der Waals surface area contributed by atoms with Crippen LogP contribution in [0.2, 0.25) is 0 Å². The van der Waals surface area contributed by atoms with E-state index in [9.17, 15) is 0 Å². The van der Waals surface area contributed by atoms with E-state index in [1.54, 1.807) is 0 Å². The average Bonchev–Trinajstić information content (AvgIpc) is 2.39. The van der Waals surface area contributed by atoms with Gasteiger partial charge in [0.05, 0.1) is 0 Å². The Bertz CT molecular complexity index is 142. The highest BCUT2D eigenvalue weighted by Gasteiger charge is 2.22. The maximum Gasteiger partial charge on any atom is 0.00388 e. The van der Waals surface area contributed by atoms with Crippen LogP contribution in [0.5, 0.6) is 0 Å². The van der Waals surface area contributed by atoms with Gasteiger partial charge < -0.3 is 5.73 Å². The molecule has 1 nitrogen and oxygen atoms in total. The minimum Gasteiger partial charge on any atom is -0.328 e. The molecule has 0 bridgehead atoms. The van der Waals surface area contributed by atoms with Crippen molar-refractivity contribution >= 4 is 0 Å². The van der Waals surface area contributed by atoms with Gasteiger partial charge in [0, 0.05) is 6.04 Å². The van der Waals surface area contributed by atoms with E-state index < -0.39 is 0 Å². The molecule has 0 saturated heterocycles. The van der Waals surface area contributed by atoms with Gasteiger partial charge in [-0.2, -0.15) is 0 Å². The van der Waals surface area contributed by atoms with E-state index in [4.69, 9.17) is 5.73 Å². The maximum absolute atomic E-state index is 6.03. The molecule has 2 N–H and O–H groups in total. The maximum atomic E-state index is 6.03. The highest BCUT2D eigenvalue weighted by Crippen LogP contribution is 2.31. The Kier molecular flexibility index (Phi) is 5.54. The summed E-state index contributed by atoms with van der Waals surface area (Å²) in [4.78, 5) is 0. The van der Waals surface area contributed by atoms with Crippen molar-refractivity contribution in [1.29, 1.82) is 0 Å². The molecule has 0 spiro atoms. The highest BCUT2D eigenvalue weighted by molar-refractivity contribution is 4.76. The molecule has 0 aromatic heterocycles. The number of rotatable bonds is 4. The number of unbranched alkanes of at least 4 members (excludes halogenated alkanes) is 1. The largest absolute Gasteiger partial charge is 0.328 e. The molecule has 1 rings (SSSR count). The highest BCUT2D eigenvalue weighted by atomic mass is 14.6. The van der Waals surface area contributed by atoms with Crippen molar-refractivity contribution in [2.45, 2.75) is 71.3 Å². The topological polar surface area (TPSA) is 26.0 Å². The van der Waals surface area contributed by atoms with Crippen molar-refractivity contribution in [3.05, 3.63) is 0 Å². The van der Waals surface area contributed by atoms with E-state index in [-0.39, 0.29) is 0 Å². The second-order valence-corrected chi connectivity index (χ2v) is 5.15. The molecule has 0 aromatic rings. The van der Waals surface area contributed by atoms with Crippen LogP contribution in [0.1, 0.15) is 65.2 Å². The molecule has 1 aliphatic rings. The van der Waals surface area contributed by atoms with Gasteiger partial charge in [0.15, 0.2) is 0 Å². The summed E-state index contributed by atoms with van der Waals surface area (Å²) in [7, 11) is 0. The van der Waals surface area contributed by atoms with Crippen LogP contribution >= 0.6 is 0 Å². The van der Waals surface area contributed by atoms with Crippen molar-refractivity contribution in [1.82, 2.24) is 0 Å². The second kappa shape index (κ2) is 6.44. The molecule has 1 saturated carbocycles. The van der Waals surface area contributed by atoms with Crippen LogP contribution in [0.15, 0.2) is 0 Å². The van der Waals surface area contributed by atoms with E-state index in [1.807, 2.05) is 0 Å². The molecule has 84 valence electrons. The van der Waals surface area contributed by atoms with Gasteiger partial charge in [-0.1, -0.05) is 45.4 Å². The third-order valence-electron chi connectivity index (χ3n) is 3.78. The van der Waals surface area contributed by atoms with Crippen LogP contribution in [0.25, 0.3) is 0 Å². The summed E-state index contributed by atoms with van der Waals surface area (Å²) in [6, 6.07) is 0.414. The van der Waals surface area contributed by atoms with Crippen molar-refractivity contribution in [2.24, 2.45) is 17.6 Å². The Morgan fingerprint density at radius 2 is 2.00 bits per heavy atom. The molecule has 0 aromatic carbocycles. The Labute approximate surface area is 89.5 Å². The number of hydrogen-bond acceptors (Lipinski definition) is 1. The van der Waals surface area contributed by atoms with Crippen molar-refractivity contribution < 1.29 is 0 Å². The molecular weight excluding hydrogens is 170 g/mol. The third kappa shape index (κ3) is 4.00.